The lowest BCUT2D eigenvalue weighted by Gasteiger charge is -2.07. The maximum Gasteiger partial charge on any atom is 0.305 e. The molecule has 1 N–H and O–H groups in total. The van der Waals surface area contributed by atoms with Crippen molar-refractivity contribution in [3.63, 3.8) is 0 Å². The highest BCUT2D eigenvalue weighted by Gasteiger charge is 2.09. The third kappa shape index (κ3) is 4.77. The summed E-state index contributed by atoms with van der Waals surface area (Å²) in [7, 11) is 3.27. The summed E-state index contributed by atoms with van der Waals surface area (Å²) < 4.78 is 6.42. The van der Waals surface area contributed by atoms with E-state index in [0.29, 0.717) is 18.7 Å². The van der Waals surface area contributed by atoms with Gasteiger partial charge in [-0.25, -0.2) is 0 Å². The maximum absolute atomic E-state index is 11.9. The van der Waals surface area contributed by atoms with E-state index in [9.17, 15) is 9.59 Å². The van der Waals surface area contributed by atoms with Gasteiger partial charge in [-0.05, 0) is 31.9 Å². The topological polar surface area (TPSA) is 60.3 Å². The minimum absolute atomic E-state index is 0.0523. The Hall–Kier alpha value is -1.78. The summed E-state index contributed by atoms with van der Waals surface area (Å²) in [4.78, 5) is 22.7. The Morgan fingerprint density at radius 3 is 2.58 bits per heavy atom. The normalized spacial score (nSPS) is 10.3. The van der Waals surface area contributed by atoms with Gasteiger partial charge in [-0.15, -0.1) is 0 Å². The molecule has 0 aliphatic rings. The Morgan fingerprint density at radius 2 is 2.00 bits per heavy atom. The molecular formula is C14H22N2O3. The molecule has 0 spiro atoms. The van der Waals surface area contributed by atoms with E-state index in [2.05, 4.69) is 10.1 Å². The van der Waals surface area contributed by atoms with Crippen LogP contribution in [0.3, 0.4) is 0 Å². The fourth-order valence-corrected chi connectivity index (χ4v) is 1.81. The van der Waals surface area contributed by atoms with Crippen molar-refractivity contribution in [2.45, 2.75) is 32.6 Å². The summed E-state index contributed by atoms with van der Waals surface area (Å²) in [5.41, 5.74) is 1.73. The standard InChI is InChI=1S/C14H22N2O3/c1-11-8-9-12(16(11)2)14(18)15-10-6-4-5-7-13(17)19-3/h8-9H,4-7,10H2,1-3H3,(H,15,18). The van der Waals surface area contributed by atoms with Gasteiger partial charge in [0.05, 0.1) is 7.11 Å². The molecule has 1 rings (SSSR count). The van der Waals surface area contributed by atoms with Gasteiger partial charge in [0, 0.05) is 25.7 Å². The van der Waals surface area contributed by atoms with Crippen LogP contribution in [0, 0.1) is 6.92 Å². The van der Waals surface area contributed by atoms with E-state index in [4.69, 9.17) is 0 Å². The molecule has 5 nitrogen and oxygen atoms in total. The molecule has 0 saturated carbocycles. The first-order valence-electron chi connectivity index (χ1n) is 6.53. The summed E-state index contributed by atoms with van der Waals surface area (Å²) in [6.45, 7) is 2.59. The fourth-order valence-electron chi connectivity index (χ4n) is 1.81. The minimum Gasteiger partial charge on any atom is -0.469 e. The highest BCUT2D eigenvalue weighted by atomic mass is 16.5. The average molecular weight is 266 g/mol. The van der Waals surface area contributed by atoms with E-state index < -0.39 is 0 Å². The maximum atomic E-state index is 11.9. The molecular weight excluding hydrogens is 244 g/mol. The zero-order chi connectivity index (χ0) is 14.3. The molecule has 106 valence electrons. The van der Waals surface area contributed by atoms with Crippen molar-refractivity contribution in [1.82, 2.24) is 9.88 Å². The Balaban J connectivity index is 2.18. The third-order valence-corrected chi connectivity index (χ3v) is 3.18. The van der Waals surface area contributed by atoms with Gasteiger partial charge in [0.15, 0.2) is 0 Å². The molecule has 0 radical (unpaired) electrons. The Labute approximate surface area is 113 Å². The molecule has 0 atom stereocenters. The number of hydrogen-bond acceptors (Lipinski definition) is 3. The van der Waals surface area contributed by atoms with Crippen LogP contribution in [0.5, 0.6) is 0 Å². The molecule has 0 aliphatic heterocycles. The number of amides is 1. The molecule has 19 heavy (non-hydrogen) atoms. The lowest BCUT2D eigenvalue weighted by atomic mass is 10.2. The van der Waals surface area contributed by atoms with Crippen molar-refractivity contribution in [3.8, 4) is 0 Å². The van der Waals surface area contributed by atoms with Crippen LogP contribution in [0.15, 0.2) is 12.1 Å². The number of carbonyl (C=O) groups is 2. The number of aryl methyl sites for hydroxylation is 1. The summed E-state index contributed by atoms with van der Waals surface area (Å²) >= 11 is 0. The Morgan fingerprint density at radius 1 is 1.26 bits per heavy atom. The molecule has 0 saturated heterocycles. The van der Waals surface area contributed by atoms with Crippen molar-refractivity contribution < 1.29 is 14.3 Å². The highest BCUT2D eigenvalue weighted by Crippen LogP contribution is 2.06. The average Bonchev–Trinajstić information content (AvgIpc) is 2.73. The number of hydrogen-bond donors (Lipinski definition) is 1. The zero-order valence-electron chi connectivity index (χ0n) is 11.9. The SMILES string of the molecule is COC(=O)CCCCCNC(=O)c1ccc(C)n1C. The second-order valence-corrected chi connectivity index (χ2v) is 4.56. The number of nitrogens with one attached hydrogen (secondary N) is 1. The van der Waals surface area contributed by atoms with Crippen molar-refractivity contribution in [1.29, 1.82) is 0 Å². The van der Waals surface area contributed by atoms with Crippen LogP contribution in [0.25, 0.3) is 0 Å². The van der Waals surface area contributed by atoms with Crippen molar-refractivity contribution >= 4 is 11.9 Å². The second-order valence-electron chi connectivity index (χ2n) is 4.56. The number of esters is 1. The van der Waals surface area contributed by atoms with Gasteiger partial charge in [0.2, 0.25) is 0 Å². The van der Waals surface area contributed by atoms with Gasteiger partial charge in [-0.1, -0.05) is 6.42 Å². The lowest BCUT2D eigenvalue weighted by molar-refractivity contribution is -0.140. The van der Waals surface area contributed by atoms with E-state index in [1.165, 1.54) is 7.11 Å². The molecule has 0 unspecified atom stereocenters. The lowest BCUT2D eigenvalue weighted by Crippen LogP contribution is -2.26. The van der Waals surface area contributed by atoms with Gasteiger partial charge in [-0.3, -0.25) is 9.59 Å². The van der Waals surface area contributed by atoms with Crippen molar-refractivity contribution in [2.75, 3.05) is 13.7 Å². The van der Waals surface area contributed by atoms with E-state index in [-0.39, 0.29) is 11.9 Å². The molecule has 0 aromatic carbocycles. The quantitative estimate of drug-likeness (QED) is 0.604. The molecule has 5 heteroatoms. The van der Waals surface area contributed by atoms with Crippen molar-refractivity contribution in [2.24, 2.45) is 7.05 Å². The third-order valence-electron chi connectivity index (χ3n) is 3.18. The fraction of sp³-hybridized carbons (Fsp3) is 0.571. The summed E-state index contributed by atoms with van der Waals surface area (Å²) in [6, 6.07) is 3.74. The molecule has 1 aromatic heterocycles. The van der Waals surface area contributed by atoms with Crippen LogP contribution in [-0.2, 0) is 16.6 Å². The molecule has 0 fully saturated rings. The second kappa shape index (κ2) is 7.61. The number of nitrogens with zero attached hydrogens (tertiary/aromatic N) is 1. The van der Waals surface area contributed by atoms with Gasteiger partial charge in [-0.2, -0.15) is 0 Å². The number of rotatable bonds is 7. The van der Waals surface area contributed by atoms with E-state index in [1.807, 2.05) is 30.7 Å². The van der Waals surface area contributed by atoms with Gasteiger partial charge >= 0.3 is 5.97 Å². The molecule has 1 amide bonds. The summed E-state index contributed by atoms with van der Waals surface area (Å²) in [5.74, 6) is -0.230. The minimum atomic E-state index is -0.177. The van der Waals surface area contributed by atoms with Crippen LogP contribution < -0.4 is 5.32 Å². The predicted molar refractivity (Wildman–Crippen MR) is 73.0 cm³/mol. The Bertz CT molecular complexity index is 438. The van der Waals surface area contributed by atoms with Crippen LogP contribution in [0.2, 0.25) is 0 Å². The van der Waals surface area contributed by atoms with Gasteiger partial charge < -0.3 is 14.6 Å². The van der Waals surface area contributed by atoms with E-state index in [1.54, 1.807) is 0 Å². The zero-order valence-corrected chi connectivity index (χ0v) is 11.9. The molecule has 0 aliphatic carbocycles. The van der Waals surface area contributed by atoms with Crippen molar-refractivity contribution in [3.05, 3.63) is 23.5 Å². The van der Waals surface area contributed by atoms with Crippen LogP contribution in [0.4, 0.5) is 0 Å². The number of carbonyl (C=O) groups excluding carboxylic acids is 2. The first-order valence-corrected chi connectivity index (χ1v) is 6.53. The van der Waals surface area contributed by atoms with Gasteiger partial charge in [0.1, 0.15) is 5.69 Å². The van der Waals surface area contributed by atoms with Crippen LogP contribution >= 0.6 is 0 Å². The van der Waals surface area contributed by atoms with Crippen LogP contribution in [-0.4, -0.2) is 30.1 Å². The number of methoxy groups -OCH3 is 1. The number of aromatic nitrogens is 1. The largest absolute Gasteiger partial charge is 0.469 e. The van der Waals surface area contributed by atoms with Crippen LogP contribution in [0.1, 0.15) is 41.9 Å². The predicted octanol–water partition coefficient (Wildman–Crippen LogP) is 1.80. The van der Waals surface area contributed by atoms with Gasteiger partial charge in [0.25, 0.3) is 5.91 Å². The van der Waals surface area contributed by atoms with E-state index >= 15 is 0 Å². The Kier molecular flexibility index (Phi) is 6.12. The monoisotopic (exact) mass is 266 g/mol. The molecule has 1 heterocycles. The first-order chi connectivity index (χ1) is 9.06. The summed E-state index contributed by atoms with van der Waals surface area (Å²) in [6.07, 6.45) is 3.01. The number of unbranched alkanes of at least 4 members (excludes halogenated alkanes) is 2. The molecule has 1 aromatic rings. The number of ether oxygens (including phenoxy) is 1. The highest BCUT2D eigenvalue weighted by molar-refractivity contribution is 5.92. The van der Waals surface area contributed by atoms with E-state index in [0.717, 1.165) is 25.0 Å². The smallest absolute Gasteiger partial charge is 0.305 e. The first kappa shape index (κ1) is 15.3. The summed E-state index contributed by atoms with van der Waals surface area (Å²) in [5, 5.41) is 2.88. The molecule has 0 bridgehead atoms.